The SMILES string of the molecule is CC(=O)N[C@@H](Cc1cccc2ccccc12)C(=O)N[C@H](C)C(=O)N[C@H]1CSCCC(=O)N2CC34CN(CC3(CN(C(=O)CCSC[C@H](NC(=O)[C@H](C)N)C(=O)N[C@H](C)C(=O)N[C@@H](CC(N)=O)C(N)=O)C4)C2)C(=O)CCSC[C@@H](C(N)=O)NC(=O)[C@H](C(C)(C)C)NC(=O)C(CC(=O)O)NC(=O)[C@H](Cc2ccc(O)cc2)NC(=O)[C@H](Cc2ccccc2)NC(=O)[C@H](CC(=O)O)NC(=O)[C@H](CCC(=O)O)NC1=O. The van der Waals surface area contributed by atoms with Crippen molar-refractivity contribution in [2.24, 2.45) is 39.2 Å². The maximum Gasteiger partial charge on any atom is 0.305 e. The van der Waals surface area contributed by atoms with Gasteiger partial charge in [0.1, 0.15) is 84.3 Å². The van der Waals surface area contributed by atoms with Crippen molar-refractivity contribution in [1.29, 1.82) is 0 Å². The zero-order valence-electron chi connectivity index (χ0n) is 78.2. The number of hydrogen-bond acceptors (Lipinski definition) is 27. The molecule has 3 unspecified atom stereocenters. The van der Waals surface area contributed by atoms with Crippen molar-refractivity contribution < 1.29 is 126 Å². The third-order valence-electron chi connectivity index (χ3n) is 23.9. The predicted octanol–water partition coefficient (Wildman–Crippen LogP) is -5.13. The van der Waals surface area contributed by atoms with Crippen molar-refractivity contribution in [1.82, 2.24) is 83.8 Å². The Morgan fingerprint density at radius 1 is 0.507 bits per heavy atom. The number of fused-ring (bicyclic) bond motifs is 32. The summed E-state index contributed by atoms with van der Waals surface area (Å²) in [7, 11) is 0. The molecule has 46 nitrogen and oxygen atoms in total. The largest absolute Gasteiger partial charge is 0.508 e. The topological polar surface area (TPSA) is 727 Å². The number of aliphatic carboxylic acids is 3. The first-order valence-corrected chi connectivity index (χ1v) is 48.5. The molecule has 5 heterocycles. The second kappa shape index (κ2) is 51.3. The van der Waals surface area contributed by atoms with Gasteiger partial charge >= 0.3 is 17.9 Å². The summed E-state index contributed by atoms with van der Waals surface area (Å²) < 4.78 is 0. The fraction of sp³-hybridized carbons (Fsp3) is 0.516. The number of nitrogens with zero attached hydrogens (tertiary/aromatic N) is 3. The van der Waals surface area contributed by atoms with E-state index in [1.165, 1.54) is 84.9 Å². The van der Waals surface area contributed by atoms with E-state index in [1.807, 2.05) is 24.3 Å². The number of benzene rings is 4. The molecule has 0 aromatic heterocycles. The molecule has 5 saturated heterocycles. The first-order chi connectivity index (χ1) is 65.9. The molecule has 5 aliphatic rings. The maximum absolute atomic E-state index is 15.1. The number of nitrogens with one attached hydrogen (secondary N) is 13. The van der Waals surface area contributed by atoms with Gasteiger partial charge in [0, 0.05) is 136 Å². The van der Waals surface area contributed by atoms with Crippen LogP contribution in [0.15, 0.2) is 97.1 Å². The predicted molar refractivity (Wildman–Crippen MR) is 509 cm³/mol. The third kappa shape index (κ3) is 32.7. The van der Waals surface area contributed by atoms with E-state index in [1.54, 1.807) is 51.1 Å². The molecule has 25 N–H and O–H groups in total. The number of carbonyl (C=O) groups is 22. The summed E-state index contributed by atoms with van der Waals surface area (Å²) in [5, 5.41) is 74.4. The molecule has 0 aliphatic carbocycles. The van der Waals surface area contributed by atoms with Crippen LogP contribution in [-0.2, 0) is 125 Å². The van der Waals surface area contributed by atoms with E-state index >= 15 is 9.59 Å². The van der Waals surface area contributed by atoms with Gasteiger partial charge in [-0.15, -0.1) is 0 Å². The molecule has 5 aliphatic heterocycles. The smallest absolute Gasteiger partial charge is 0.305 e. The van der Waals surface area contributed by atoms with Crippen molar-refractivity contribution in [2.45, 2.75) is 204 Å². The number of primary amides is 3. The molecule has 140 heavy (non-hydrogen) atoms. The Hall–Kier alpha value is -13.7. The van der Waals surface area contributed by atoms with Crippen LogP contribution in [0, 0.1) is 16.2 Å². The summed E-state index contributed by atoms with van der Waals surface area (Å²) >= 11 is 3.03. The highest BCUT2D eigenvalue weighted by molar-refractivity contribution is 7.99. The number of thioether (sulfide) groups is 3. The van der Waals surface area contributed by atoms with Gasteiger partial charge in [0.05, 0.1) is 25.3 Å². The standard InChI is InChI=1S/C91H122N20O26S3/c1-47(92)77(126)106-65(86(135)97-48(2)78(127)100-58(75(94)124)35-67(93)114)39-139-30-27-69(116)110-43-90-41-109-42-91(90,44-110)46-111(45-90)70(117)28-31-140-40-66(107-79(128)49(3)96-81(130)61(98-50(4)112)34-54-18-13-17-53-16-11-12-19-56(53)54)87(136)99-57(24-25-71(118)119)80(129)103-62(36-72(120)121)84(133)102-59(32-51-14-9-8-10-15-51)82(131)101-60(33-52-20-22-55(113)23-21-52)83(132)104-63(37-73(122)123)85(134)108-74(89(5,6)7)88(137)105-64(76(95)125)38-138-29-26-68(109)115/h8-23,47-49,57-66,74,113H,24-46,92H2,1-7H3,(H2,93,114)(H2,94,124)(H2,95,125)(H,96,130)(H,97,135)(H,98,112)(H,99,136)(H,100,127)(H,101,131)(H,102,133)(H,103,129)(H,104,132)(H,105,137)(H,106,126)(H,107,128)(H,108,134)(H,118,119)(H,120,121)(H,122,123)/t47-,48+,49+,57-,58-,59-,60-,61-,62-,63?,64-,65-,66-,74+,90?,91?/m0/s1. The Morgan fingerprint density at radius 3 is 1.51 bits per heavy atom. The number of aromatic hydroxyl groups is 1. The van der Waals surface area contributed by atoms with Crippen LogP contribution in [0.3, 0.4) is 0 Å². The van der Waals surface area contributed by atoms with Crippen LogP contribution in [0.4, 0.5) is 0 Å². The maximum atomic E-state index is 15.1. The lowest BCUT2D eigenvalue weighted by Crippen LogP contribution is -2.62. The fourth-order valence-corrected chi connectivity index (χ4v) is 19.4. The molecule has 19 amide bonds. The second-order valence-electron chi connectivity index (χ2n) is 36.2. The highest BCUT2D eigenvalue weighted by atomic mass is 32.2. The lowest BCUT2D eigenvalue weighted by molar-refractivity contribution is -0.142. The summed E-state index contributed by atoms with van der Waals surface area (Å²) in [6.07, 6.45) is -6.42. The monoisotopic (exact) mass is 2010 g/mol. The molecule has 0 saturated carbocycles. The summed E-state index contributed by atoms with van der Waals surface area (Å²) in [6, 6.07) is 2.40. The summed E-state index contributed by atoms with van der Waals surface area (Å²) in [5.41, 5.74) is 20.2. The summed E-state index contributed by atoms with van der Waals surface area (Å²) in [6.45, 7) is 9.45. The highest BCUT2D eigenvalue weighted by Gasteiger charge is 2.69. The number of carbonyl (C=O) groups excluding carboxylic acids is 19. The Kier molecular flexibility index (Phi) is 40.9. The number of likely N-dealkylation sites (tertiary alicyclic amines) is 1. The lowest BCUT2D eigenvalue weighted by atomic mass is 9.71. The molecular weight excluding hydrogens is 1890 g/mol. The number of amides is 19. The second-order valence-corrected chi connectivity index (χ2v) is 39.6. The van der Waals surface area contributed by atoms with Crippen LogP contribution in [-0.4, -0.2) is 324 Å². The molecular formula is C91H122N20O26S3. The van der Waals surface area contributed by atoms with Gasteiger partial charge in [0.15, 0.2) is 0 Å². The number of carboxylic acids is 3. The molecule has 9 rings (SSSR count). The molecule has 49 heteroatoms. The van der Waals surface area contributed by atoms with E-state index in [9.17, 15) is 116 Å². The summed E-state index contributed by atoms with van der Waals surface area (Å²) in [4.78, 5) is 309. The van der Waals surface area contributed by atoms with Crippen molar-refractivity contribution in [3.8, 4) is 5.75 Å². The van der Waals surface area contributed by atoms with Crippen LogP contribution in [0.5, 0.6) is 5.75 Å². The van der Waals surface area contributed by atoms with Crippen LogP contribution in [0.25, 0.3) is 10.8 Å². The molecule has 0 radical (unpaired) electrons. The number of phenolic OH excluding ortho intramolecular Hbond substituents is 1. The van der Waals surface area contributed by atoms with E-state index in [0.717, 1.165) is 46.1 Å². The minimum Gasteiger partial charge on any atom is -0.508 e. The van der Waals surface area contributed by atoms with Crippen LogP contribution in [0.1, 0.15) is 117 Å². The third-order valence-corrected chi connectivity index (χ3v) is 27.1. The van der Waals surface area contributed by atoms with Crippen LogP contribution < -0.4 is 92.1 Å². The minimum absolute atomic E-state index is 0.00742. The van der Waals surface area contributed by atoms with Gasteiger partial charge in [-0.1, -0.05) is 106 Å². The Bertz CT molecular complexity index is 5280. The molecule has 760 valence electrons. The zero-order chi connectivity index (χ0) is 103. The van der Waals surface area contributed by atoms with Gasteiger partial charge in [-0.25, -0.2) is 0 Å². The van der Waals surface area contributed by atoms with E-state index < -0.39 is 276 Å². The van der Waals surface area contributed by atoms with E-state index in [4.69, 9.17) is 22.9 Å². The van der Waals surface area contributed by atoms with Crippen molar-refractivity contribution in [2.75, 3.05) is 73.8 Å². The lowest BCUT2D eigenvalue weighted by Gasteiger charge is -2.33. The first-order valence-electron chi connectivity index (χ1n) is 45.0. The van der Waals surface area contributed by atoms with Gasteiger partial charge in [-0.05, 0) is 72.2 Å². The van der Waals surface area contributed by atoms with Gasteiger partial charge < -0.3 is 127 Å². The van der Waals surface area contributed by atoms with E-state index in [2.05, 4.69) is 69.1 Å². The molecule has 16 atom stereocenters. The average Bonchev–Trinajstić information content (AvgIpc) is 1.52. The van der Waals surface area contributed by atoms with Gasteiger partial charge in [-0.2, -0.15) is 35.3 Å². The number of phenols is 1. The van der Waals surface area contributed by atoms with Crippen molar-refractivity contribution in [3.63, 3.8) is 0 Å². The molecule has 2 spiro atoms. The number of hydrogen-bond donors (Lipinski definition) is 21. The molecule has 4 aromatic rings. The zero-order valence-corrected chi connectivity index (χ0v) is 80.7. The molecule has 5 fully saturated rings. The minimum atomic E-state index is -2.21. The quantitative estimate of drug-likeness (QED) is 0.0157. The van der Waals surface area contributed by atoms with Crippen LogP contribution in [0.2, 0.25) is 0 Å². The first kappa shape index (κ1) is 112. The average molecular weight is 2010 g/mol. The van der Waals surface area contributed by atoms with Gasteiger partial charge in [0.25, 0.3) is 0 Å². The summed E-state index contributed by atoms with van der Waals surface area (Å²) in [5.74, 6) is -24.3. The van der Waals surface area contributed by atoms with Crippen molar-refractivity contribution in [3.05, 3.63) is 114 Å². The number of rotatable bonds is 33. The van der Waals surface area contributed by atoms with Gasteiger partial charge in [0.2, 0.25) is 112 Å². The Morgan fingerprint density at radius 2 is 0.993 bits per heavy atom. The van der Waals surface area contributed by atoms with Crippen molar-refractivity contribution >= 4 is 176 Å². The van der Waals surface area contributed by atoms with E-state index in [0.29, 0.717) is 11.1 Å². The normalized spacial score (nSPS) is 23.2. The number of carboxylic acid groups (broad SMARTS) is 3. The van der Waals surface area contributed by atoms with Crippen LogP contribution >= 0.6 is 35.3 Å². The molecule has 4 aromatic carbocycles. The Balaban J connectivity index is 1.12. The highest BCUT2D eigenvalue weighted by Crippen LogP contribution is 2.57. The molecule has 4 bridgehead atoms. The van der Waals surface area contributed by atoms with Gasteiger partial charge in [-0.3, -0.25) is 105 Å². The fourth-order valence-electron chi connectivity index (χ4n) is 16.5. The van der Waals surface area contributed by atoms with E-state index in [-0.39, 0.29) is 111 Å². The number of nitrogens with two attached hydrogens (primary N) is 4. The Labute approximate surface area is 817 Å².